The first-order valence-corrected chi connectivity index (χ1v) is 20.0. The Balaban J connectivity index is 1.28. The molecule has 0 N–H and O–H groups in total. The van der Waals surface area contributed by atoms with E-state index in [1.807, 2.05) is 0 Å². The van der Waals surface area contributed by atoms with E-state index in [0.717, 1.165) is 12.1 Å². The molecule has 0 radical (unpaired) electrons. The highest BCUT2D eigenvalue weighted by Gasteiger charge is 2.55. The van der Waals surface area contributed by atoms with Crippen molar-refractivity contribution in [1.29, 1.82) is 0 Å². The minimum absolute atomic E-state index is 0.266. The highest BCUT2D eigenvalue weighted by Crippen LogP contribution is 2.62. The molecule has 1 nitrogen and oxygen atoms in total. The van der Waals surface area contributed by atoms with Crippen LogP contribution in [0.5, 0.6) is 0 Å². The first kappa shape index (κ1) is 32.7. The monoisotopic (exact) mass is 715 g/mol. The van der Waals surface area contributed by atoms with Crippen LogP contribution in [0.2, 0.25) is 0 Å². The highest BCUT2D eigenvalue weighted by molar-refractivity contribution is 6.16. The van der Waals surface area contributed by atoms with Gasteiger partial charge in [0.2, 0.25) is 0 Å². The van der Waals surface area contributed by atoms with Gasteiger partial charge in [0.05, 0.1) is 11.4 Å². The molecule has 0 amide bonds. The quantitative estimate of drug-likeness (QED) is 0.155. The molecule has 0 aromatic heterocycles. The molecule has 8 aromatic rings. The fourth-order valence-corrected chi connectivity index (χ4v) is 10.5. The average molecular weight is 716 g/mol. The summed E-state index contributed by atoms with van der Waals surface area (Å²) in [5.41, 5.74) is 9.94. The van der Waals surface area contributed by atoms with Crippen molar-refractivity contribution in [3.63, 3.8) is 0 Å². The van der Waals surface area contributed by atoms with Gasteiger partial charge in [0, 0.05) is 39.3 Å². The zero-order valence-corrected chi connectivity index (χ0v) is 31.2. The Labute approximate surface area is 328 Å². The molecule has 4 atom stereocenters. The van der Waals surface area contributed by atoms with Gasteiger partial charge < -0.3 is 4.90 Å². The van der Waals surface area contributed by atoms with E-state index in [-0.39, 0.29) is 17.3 Å². The Morgan fingerprint density at radius 3 is 1.88 bits per heavy atom. The molecule has 0 saturated carbocycles. The van der Waals surface area contributed by atoms with Crippen molar-refractivity contribution in [3.05, 3.63) is 235 Å². The van der Waals surface area contributed by atoms with Gasteiger partial charge in [-0.25, -0.2) is 0 Å². The molecule has 0 saturated heterocycles. The third-order valence-electron chi connectivity index (χ3n) is 12.8. The molecule has 0 fully saturated rings. The topological polar surface area (TPSA) is 3.24 Å². The van der Waals surface area contributed by atoms with Crippen molar-refractivity contribution in [2.24, 2.45) is 11.8 Å². The summed E-state index contributed by atoms with van der Waals surface area (Å²) in [6.45, 7) is 0. The third-order valence-corrected chi connectivity index (χ3v) is 12.8. The number of rotatable bonds is 6. The van der Waals surface area contributed by atoms with Gasteiger partial charge in [-0.2, -0.15) is 0 Å². The maximum atomic E-state index is 2.60. The number of nitrogens with zero attached hydrogens (tertiary/aromatic N) is 1. The van der Waals surface area contributed by atoms with E-state index in [9.17, 15) is 0 Å². The molecule has 0 spiro atoms. The second-order valence-electron chi connectivity index (χ2n) is 15.5. The fraction of sp³-hybridized carbons (Fsp3) is 0.0909. The molecule has 0 bridgehead atoms. The van der Waals surface area contributed by atoms with Gasteiger partial charge in [0.15, 0.2) is 0 Å². The Morgan fingerprint density at radius 1 is 0.500 bits per heavy atom. The van der Waals surface area contributed by atoms with Crippen LogP contribution in [0, 0.1) is 11.8 Å². The molecule has 8 aromatic carbocycles. The molecular weight excluding hydrogens is 675 g/mol. The van der Waals surface area contributed by atoms with Crippen LogP contribution >= 0.6 is 0 Å². The Kier molecular flexibility index (Phi) is 7.74. The van der Waals surface area contributed by atoms with E-state index >= 15 is 0 Å². The minimum atomic E-state index is -0.266. The van der Waals surface area contributed by atoms with E-state index in [2.05, 4.69) is 223 Å². The van der Waals surface area contributed by atoms with Crippen LogP contribution in [0.25, 0.3) is 43.4 Å². The van der Waals surface area contributed by atoms with Crippen LogP contribution in [-0.2, 0) is 5.41 Å². The molecule has 3 aliphatic rings. The molecule has 1 heteroatoms. The predicted octanol–water partition coefficient (Wildman–Crippen LogP) is 14.5. The van der Waals surface area contributed by atoms with Crippen molar-refractivity contribution >= 4 is 49.4 Å². The van der Waals surface area contributed by atoms with E-state index < -0.39 is 0 Å². The number of hydrogen-bond donors (Lipinski definition) is 0. The zero-order chi connectivity index (χ0) is 37.1. The molecule has 4 unspecified atom stereocenters. The summed E-state index contributed by atoms with van der Waals surface area (Å²) in [6.07, 6.45) is 19.8. The lowest BCUT2D eigenvalue weighted by Crippen LogP contribution is -2.40. The van der Waals surface area contributed by atoms with Crippen molar-refractivity contribution in [2.45, 2.75) is 17.8 Å². The number of hydrogen-bond acceptors (Lipinski definition) is 1. The fourth-order valence-electron chi connectivity index (χ4n) is 10.5. The second kappa shape index (κ2) is 13.3. The van der Waals surface area contributed by atoms with Gasteiger partial charge in [-0.1, -0.05) is 194 Å². The van der Waals surface area contributed by atoms with Gasteiger partial charge in [0.25, 0.3) is 0 Å². The standard InChI is InChI=1S/C55H41N/c1-4-19-39(20-5-1)53-45-27-13-10-18-38(45)32-35-52(53)56(54-46-28-14-11-21-40(46)36-41-22-12-15-29-47(41)54)44-33-34-49-48-30-16-17-31-50(48)55(51(49)37-44,42-23-6-2-7-24-42)43-25-8-3-9-26-43/h1-25,27-37,43,48,50H,26H2. The van der Waals surface area contributed by atoms with Crippen LogP contribution in [0.1, 0.15) is 29.0 Å². The van der Waals surface area contributed by atoms with Crippen LogP contribution < -0.4 is 4.90 Å². The lowest BCUT2D eigenvalue weighted by molar-refractivity contribution is 0.301. The SMILES string of the molecule is C1=CCC(C2(c3ccccc3)c3cc(N(c4ccc5ccccc5c4-c4ccccc4)c4c5ccccc5cc5ccccc45)ccc3C3C=CC=CC32)C=C1. The Bertz CT molecular complexity index is 2860. The van der Waals surface area contributed by atoms with Crippen molar-refractivity contribution < 1.29 is 0 Å². The normalized spacial score (nSPS) is 20.8. The van der Waals surface area contributed by atoms with Gasteiger partial charge in [-0.3, -0.25) is 0 Å². The lowest BCUT2D eigenvalue weighted by atomic mass is 9.58. The minimum Gasteiger partial charge on any atom is -0.309 e. The molecule has 0 heterocycles. The van der Waals surface area contributed by atoms with Gasteiger partial charge in [-0.05, 0) is 80.4 Å². The molecule has 11 rings (SSSR count). The summed E-state index contributed by atoms with van der Waals surface area (Å²) in [6, 6.07) is 63.5. The lowest BCUT2D eigenvalue weighted by Gasteiger charge is -2.44. The second-order valence-corrected chi connectivity index (χ2v) is 15.5. The highest BCUT2D eigenvalue weighted by atomic mass is 15.1. The average Bonchev–Trinajstić information content (AvgIpc) is 3.57. The summed E-state index contributed by atoms with van der Waals surface area (Å²) in [4.78, 5) is 2.60. The number of benzene rings is 8. The summed E-state index contributed by atoms with van der Waals surface area (Å²) >= 11 is 0. The number of fused-ring (bicyclic) bond motifs is 6. The largest absolute Gasteiger partial charge is 0.309 e. The predicted molar refractivity (Wildman–Crippen MR) is 237 cm³/mol. The van der Waals surface area contributed by atoms with Crippen LogP contribution in [0.3, 0.4) is 0 Å². The van der Waals surface area contributed by atoms with E-state index in [1.54, 1.807) is 0 Å². The Morgan fingerprint density at radius 2 is 1.14 bits per heavy atom. The first-order valence-electron chi connectivity index (χ1n) is 20.0. The molecule has 3 aliphatic carbocycles. The van der Waals surface area contributed by atoms with Crippen molar-refractivity contribution in [1.82, 2.24) is 0 Å². The summed E-state index contributed by atoms with van der Waals surface area (Å²) in [5, 5.41) is 7.39. The van der Waals surface area contributed by atoms with Crippen LogP contribution in [0.4, 0.5) is 17.1 Å². The summed E-state index contributed by atoms with van der Waals surface area (Å²) in [7, 11) is 0. The van der Waals surface area contributed by atoms with E-state index in [4.69, 9.17) is 0 Å². The molecular formula is C55H41N. The molecule has 0 aliphatic heterocycles. The van der Waals surface area contributed by atoms with Crippen LogP contribution in [0.15, 0.2) is 218 Å². The maximum Gasteiger partial charge on any atom is 0.0618 e. The first-order chi connectivity index (χ1) is 27.8. The van der Waals surface area contributed by atoms with Gasteiger partial charge >= 0.3 is 0 Å². The summed E-state index contributed by atoms with van der Waals surface area (Å²) in [5.74, 6) is 0.868. The van der Waals surface area contributed by atoms with E-state index in [0.29, 0.717) is 5.92 Å². The molecule has 56 heavy (non-hydrogen) atoms. The number of anilines is 3. The molecule has 266 valence electrons. The Hall–Kier alpha value is -6.70. The van der Waals surface area contributed by atoms with Crippen molar-refractivity contribution in [2.75, 3.05) is 4.90 Å². The summed E-state index contributed by atoms with van der Waals surface area (Å²) < 4.78 is 0. The number of allylic oxidation sites excluding steroid dienone is 8. The van der Waals surface area contributed by atoms with Crippen molar-refractivity contribution in [3.8, 4) is 11.1 Å². The van der Waals surface area contributed by atoms with E-state index in [1.165, 1.54) is 71.5 Å². The van der Waals surface area contributed by atoms with Gasteiger partial charge in [-0.15, -0.1) is 0 Å². The van der Waals surface area contributed by atoms with Crippen LogP contribution in [-0.4, -0.2) is 0 Å². The van der Waals surface area contributed by atoms with Gasteiger partial charge in [0.1, 0.15) is 0 Å². The smallest absolute Gasteiger partial charge is 0.0618 e. The zero-order valence-electron chi connectivity index (χ0n) is 31.2. The maximum absolute atomic E-state index is 2.60. The third kappa shape index (κ3) is 4.94.